The van der Waals surface area contributed by atoms with E-state index in [1.165, 1.54) is 0 Å². The number of fused-ring (bicyclic) bond motifs is 1. The first-order valence-electron chi connectivity index (χ1n) is 4.96. The zero-order chi connectivity index (χ0) is 11.0. The number of pyridine rings is 1. The fourth-order valence-corrected chi connectivity index (χ4v) is 2.09. The van der Waals surface area contributed by atoms with E-state index in [9.17, 15) is 0 Å². The molecule has 1 aliphatic heterocycles. The summed E-state index contributed by atoms with van der Waals surface area (Å²) in [5, 5.41) is 1.13. The molecule has 1 aliphatic rings. The Morgan fingerprint density at radius 2 is 2.25 bits per heavy atom. The van der Waals surface area contributed by atoms with Gasteiger partial charge < -0.3 is 0 Å². The number of aromatic nitrogens is 1. The average Bonchev–Trinajstić information content (AvgIpc) is 2.75. The maximum atomic E-state index is 5.39. The molecule has 0 aliphatic carbocycles. The van der Waals surface area contributed by atoms with Gasteiger partial charge in [0, 0.05) is 11.6 Å². The highest BCUT2D eigenvalue weighted by Gasteiger charge is 2.16. The minimum Gasteiger partial charge on any atom is -0.263 e. The first kappa shape index (κ1) is 9.81. The number of nitrogens with zero attached hydrogens (tertiary/aromatic N) is 1. The number of rotatable bonds is 1. The Morgan fingerprint density at radius 3 is 3.06 bits per heavy atom. The SMILES string of the molecule is BrC1=C[C@@H](c2ccc3ncccc3c2)ON1. The number of nitrogens with one attached hydrogen (secondary N) is 1. The Kier molecular flexibility index (Phi) is 2.38. The van der Waals surface area contributed by atoms with Crippen LogP contribution in [0.4, 0.5) is 0 Å². The minimum absolute atomic E-state index is 0.0426. The van der Waals surface area contributed by atoms with Crippen LogP contribution in [0.15, 0.2) is 47.2 Å². The van der Waals surface area contributed by atoms with Crippen molar-refractivity contribution in [2.75, 3.05) is 0 Å². The monoisotopic (exact) mass is 276 g/mol. The van der Waals surface area contributed by atoms with E-state index in [0.29, 0.717) is 0 Å². The molecule has 4 heteroatoms. The lowest BCUT2D eigenvalue weighted by molar-refractivity contribution is 0.0458. The third-order valence-electron chi connectivity index (χ3n) is 2.54. The second-order valence-electron chi connectivity index (χ2n) is 3.61. The fourth-order valence-electron chi connectivity index (χ4n) is 1.76. The van der Waals surface area contributed by atoms with Crippen LogP contribution in [0.1, 0.15) is 11.7 Å². The fraction of sp³-hybridized carbons (Fsp3) is 0.0833. The predicted molar refractivity (Wildman–Crippen MR) is 65.7 cm³/mol. The molecule has 0 spiro atoms. The molecule has 0 amide bonds. The van der Waals surface area contributed by atoms with Gasteiger partial charge in [-0.2, -0.15) is 0 Å². The molecule has 1 aromatic carbocycles. The van der Waals surface area contributed by atoms with Gasteiger partial charge in [-0.15, -0.1) is 0 Å². The van der Waals surface area contributed by atoms with Gasteiger partial charge in [-0.05, 0) is 45.8 Å². The van der Waals surface area contributed by atoms with Crippen LogP contribution >= 0.6 is 15.9 Å². The maximum Gasteiger partial charge on any atom is 0.131 e. The second-order valence-corrected chi connectivity index (χ2v) is 4.46. The molecule has 0 bridgehead atoms. The van der Waals surface area contributed by atoms with Crippen molar-refractivity contribution >= 4 is 26.8 Å². The highest BCUT2D eigenvalue weighted by atomic mass is 79.9. The Labute approximate surface area is 101 Å². The summed E-state index contributed by atoms with van der Waals surface area (Å²) in [5.41, 5.74) is 4.89. The Hall–Kier alpha value is -1.39. The molecule has 80 valence electrons. The molecular formula is C12H9BrN2O. The number of hydrogen-bond donors (Lipinski definition) is 1. The number of halogens is 1. The second kappa shape index (κ2) is 3.88. The lowest BCUT2D eigenvalue weighted by Gasteiger charge is -2.08. The normalized spacial score (nSPS) is 19.6. The number of hydrogen-bond acceptors (Lipinski definition) is 3. The summed E-state index contributed by atoms with van der Waals surface area (Å²) >= 11 is 3.34. The van der Waals surface area contributed by atoms with Gasteiger partial charge in [0.15, 0.2) is 0 Å². The van der Waals surface area contributed by atoms with Gasteiger partial charge in [0.25, 0.3) is 0 Å². The molecule has 0 saturated heterocycles. The van der Waals surface area contributed by atoms with Gasteiger partial charge in [-0.1, -0.05) is 12.1 Å². The van der Waals surface area contributed by atoms with Crippen molar-refractivity contribution in [2.45, 2.75) is 6.10 Å². The van der Waals surface area contributed by atoms with Crippen molar-refractivity contribution in [3.63, 3.8) is 0 Å². The van der Waals surface area contributed by atoms with Crippen molar-refractivity contribution in [1.82, 2.24) is 10.5 Å². The lowest BCUT2D eigenvalue weighted by Crippen LogP contribution is -2.05. The molecule has 0 radical (unpaired) electrons. The summed E-state index contributed by atoms with van der Waals surface area (Å²) in [6.45, 7) is 0. The van der Waals surface area contributed by atoms with Crippen LogP contribution in [-0.4, -0.2) is 4.98 Å². The van der Waals surface area contributed by atoms with Crippen LogP contribution < -0.4 is 5.48 Å². The Bertz CT molecular complexity index is 568. The van der Waals surface area contributed by atoms with E-state index in [0.717, 1.165) is 21.1 Å². The summed E-state index contributed by atoms with van der Waals surface area (Å²) in [4.78, 5) is 9.67. The average molecular weight is 277 g/mol. The zero-order valence-corrected chi connectivity index (χ0v) is 9.94. The van der Waals surface area contributed by atoms with E-state index in [1.54, 1.807) is 6.20 Å². The van der Waals surface area contributed by atoms with E-state index in [2.05, 4.69) is 32.5 Å². The van der Waals surface area contributed by atoms with Gasteiger partial charge in [0.2, 0.25) is 0 Å². The van der Waals surface area contributed by atoms with E-state index < -0.39 is 0 Å². The molecule has 0 saturated carbocycles. The standard InChI is InChI=1S/C12H9BrN2O/c13-12-7-11(16-15-12)9-3-4-10-8(6-9)2-1-5-14-10/h1-7,11,15H/t11-/m0/s1. The molecule has 1 aromatic heterocycles. The van der Waals surface area contributed by atoms with Crippen LogP contribution in [-0.2, 0) is 4.84 Å². The third kappa shape index (κ3) is 1.70. The van der Waals surface area contributed by atoms with Gasteiger partial charge in [-0.3, -0.25) is 15.3 Å². The molecule has 3 nitrogen and oxygen atoms in total. The maximum absolute atomic E-state index is 5.39. The first-order chi connectivity index (χ1) is 7.83. The van der Waals surface area contributed by atoms with Crippen molar-refractivity contribution in [1.29, 1.82) is 0 Å². The molecule has 16 heavy (non-hydrogen) atoms. The van der Waals surface area contributed by atoms with Gasteiger partial charge in [0.1, 0.15) is 10.7 Å². The molecule has 2 heterocycles. The zero-order valence-electron chi connectivity index (χ0n) is 8.35. The topological polar surface area (TPSA) is 34.1 Å². The Morgan fingerprint density at radius 1 is 1.31 bits per heavy atom. The summed E-state index contributed by atoms with van der Waals surface area (Å²) in [6.07, 6.45) is 3.74. The van der Waals surface area contributed by atoms with E-state index in [1.807, 2.05) is 30.3 Å². The summed E-state index contributed by atoms with van der Waals surface area (Å²) in [6, 6.07) is 10.1. The van der Waals surface area contributed by atoms with Gasteiger partial charge >= 0.3 is 0 Å². The van der Waals surface area contributed by atoms with Gasteiger partial charge in [-0.25, -0.2) is 0 Å². The van der Waals surface area contributed by atoms with Crippen molar-refractivity contribution in [3.05, 3.63) is 52.8 Å². The van der Waals surface area contributed by atoms with Crippen molar-refractivity contribution in [3.8, 4) is 0 Å². The smallest absolute Gasteiger partial charge is 0.131 e. The molecule has 3 rings (SSSR count). The van der Waals surface area contributed by atoms with E-state index in [-0.39, 0.29) is 6.10 Å². The number of benzene rings is 1. The van der Waals surface area contributed by atoms with E-state index in [4.69, 9.17) is 4.84 Å². The molecule has 1 N–H and O–H groups in total. The quantitative estimate of drug-likeness (QED) is 0.813. The predicted octanol–water partition coefficient (Wildman–Crippen LogP) is 3.05. The van der Waals surface area contributed by atoms with Gasteiger partial charge in [0.05, 0.1) is 5.52 Å². The molecule has 2 aromatic rings. The summed E-state index contributed by atoms with van der Waals surface area (Å²) in [7, 11) is 0. The van der Waals surface area contributed by atoms with E-state index >= 15 is 0 Å². The third-order valence-corrected chi connectivity index (χ3v) is 2.96. The van der Waals surface area contributed by atoms with Crippen LogP contribution in [0.2, 0.25) is 0 Å². The van der Waals surface area contributed by atoms with Crippen LogP contribution in [0, 0.1) is 0 Å². The first-order valence-corrected chi connectivity index (χ1v) is 5.76. The molecular weight excluding hydrogens is 268 g/mol. The molecule has 1 atom stereocenters. The minimum atomic E-state index is -0.0426. The highest BCUT2D eigenvalue weighted by molar-refractivity contribution is 9.11. The molecule has 0 unspecified atom stereocenters. The summed E-state index contributed by atoms with van der Waals surface area (Å²) in [5.74, 6) is 0. The van der Waals surface area contributed by atoms with Crippen LogP contribution in [0.5, 0.6) is 0 Å². The largest absolute Gasteiger partial charge is 0.263 e. The van der Waals surface area contributed by atoms with Crippen molar-refractivity contribution in [2.24, 2.45) is 0 Å². The van der Waals surface area contributed by atoms with Crippen LogP contribution in [0.3, 0.4) is 0 Å². The van der Waals surface area contributed by atoms with Crippen molar-refractivity contribution < 1.29 is 4.84 Å². The lowest BCUT2D eigenvalue weighted by atomic mass is 10.1. The number of hydroxylamine groups is 1. The summed E-state index contributed by atoms with van der Waals surface area (Å²) < 4.78 is 0.865. The van der Waals surface area contributed by atoms with Crippen LogP contribution in [0.25, 0.3) is 10.9 Å². The Balaban J connectivity index is 2.05. The molecule has 0 fully saturated rings. The highest BCUT2D eigenvalue weighted by Crippen LogP contribution is 2.27.